The van der Waals surface area contributed by atoms with Crippen molar-refractivity contribution in [2.75, 3.05) is 5.32 Å². The number of thiazole rings is 1. The summed E-state index contributed by atoms with van der Waals surface area (Å²) in [5.41, 5.74) is 0.766. The van der Waals surface area contributed by atoms with E-state index in [0.29, 0.717) is 17.9 Å². The van der Waals surface area contributed by atoms with Crippen LogP contribution in [0, 0.1) is 6.92 Å². The highest BCUT2D eigenvalue weighted by Crippen LogP contribution is 2.32. The molecule has 0 fully saturated rings. The molecule has 8 nitrogen and oxygen atoms in total. The summed E-state index contributed by atoms with van der Waals surface area (Å²) in [6.45, 7) is 3.61. The first-order valence-electron chi connectivity index (χ1n) is 7.86. The van der Waals surface area contributed by atoms with Crippen LogP contribution in [0.15, 0.2) is 28.5 Å². The van der Waals surface area contributed by atoms with E-state index < -0.39 is 22.0 Å². The highest BCUT2D eigenvalue weighted by atomic mass is 32.2. The first-order chi connectivity index (χ1) is 12.3. The number of ether oxygens (including phenoxy) is 1. The molecular weight excluding hydrogens is 378 g/mol. The number of rotatable bonds is 5. The van der Waals surface area contributed by atoms with Gasteiger partial charge in [0.05, 0.1) is 27.7 Å². The second-order valence-corrected chi connectivity index (χ2v) is 8.47. The maximum atomic E-state index is 12.4. The van der Waals surface area contributed by atoms with Crippen LogP contribution in [0.4, 0.5) is 5.69 Å². The van der Waals surface area contributed by atoms with E-state index in [9.17, 15) is 18.0 Å². The molecule has 2 heterocycles. The Morgan fingerprint density at radius 1 is 1.42 bits per heavy atom. The van der Waals surface area contributed by atoms with Gasteiger partial charge in [0.2, 0.25) is 5.91 Å². The Hall–Kier alpha value is -2.46. The molecule has 26 heavy (non-hydrogen) atoms. The van der Waals surface area contributed by atoms with E-state index in [1.807, 2.05) is 11.6 Å². The molecule has 0 bridgehead atoms. The summed E-state index contributed by atoms with van der Waals surface area (Å²) in [6.07, 6.45) is -0.240. The largest absolute Gasteiger partial charge is 0.478 e. The number of sulfonamides is 1. The van der Waals surface area contributed by atoms with E-state index in [1.165, 1.54) is 29.5 Å². The van der Waals surface area contributed by atoms with Gasteiger partial charge in [0, 0.05) is 5.38 Å². The molecule has 2 N–H and O–H groups in total. The minimum absolute atomic E-state index is 0.132. The van der Waals surface area contributed by atoms with Crippen molar-refractivity contribution in [1.82, 2.24) is 9.71 Å². The molecule has 2 amide bonds. The van der Waals surface area contributed by atoms with Gasteiger partial charge in [-0.15, -0.1) is 11.3 Å². The minimum atomic E-state index is -4.07. The molecule has 138 valence electrons. The Morgan fingerprint density at radius 3 is 2.85 bits per heavy atom. The predicted octanol–water partition coefficient (Wildman–Crippen LogP) is 1.61. The average Bonchev–Trinajstić information content (AvgIpc) is 2.97. The maximum Gasteiger partial charge on any atom is 0.265 e. The number of fused-ring (bicyclic) bond motifs is 1. The molecule has 1 aromatic carbocycles. The third-order valence-electron chi connectivity index (χ3n) is 3.71. The van der Waals surface area contributed by atoms with Gasteiger partial charge in [-0.25, -0.2) is 18.1 Å². The fraction of sp³-hybridized carbons (Fsp3) is 0.312. The molecule has 0 spiro atoms. The molecule has 10 heteroatoms. The van der Waals surface area contributed by atoms with Crippen LogP contribution < -0.4 is 14.8 Å². The average molecular weight is 395 g/mol. The third kappa shape index (κ3) is 3.86. The Morgan fingerprint density at radius 2 is 2.19 bits per heavy atom. The number of amides is 2. The number of carbonyl (C=O) groups excluding carboxylic acids is 2. The van der Waals surface area contributed by atoms with Crippen molar-refractivity contribution in [3.63, 3.8) is 0 Å². The third-order valence-corrected chi connectivity index (χ3v) is 5.90. The SMILES string of the molecule is CCC1Oc2ccc(S(=O)(=O)NC(=O)Cc3csc(C)n3)cc2NC1=O. The van der Waals surface area contributed by atoms with Crippen molar-refractivity contribution in [3.05, 3.63) is 34.3 Å². The normalized spacial score (nSPS) is 16.4. The smallest absolute Gasteiger partial charge is 0.265 e. The number of hydrogen-bond donors (Lipinski definition) is 2. The van der Waals surface area contributed by atoms with Gasteiger partial charge in [-0.05, 0) is 31.5 Å². The summed E-state index contributed by atoms with van der Waals surface area (Å²) in [7, 11) is -4.07. The van der Waals surface area contributed by atoms with E-state index in [4.69, 9.17) is 4.74 Å². The van der Waals surface area contributed by atoms with Crippen LogP contribution in [0.3, 0.4) is 0 Å². The van der Waals surface area contributed by atoms with Crippen LogP contribution >= 0.6 is 11.3 Å². The lowest BCUT2D eigenvalue weighted by Crippen LogP contribution is -2.36. The molecule has 1 aliphatic heterocycles. The van der Waals surface area contributed by atoms with Crippen molar-refractivity contribution < 1.29 is 22.7 Å². The van der Waals surface area contributed by atoms with Crippen molar-refractivity contribution in [1.29, 1.82) is 0 Å². The second-order valence-electron chi connectivity index (χ2n) is 5.73. The van der Waals surface area contributed by atoms with Crippen LogP contribution in [-0.2, 0) is 26.0 Å². The predicted molar refractivity (Wildman–Crippen MR) is 95.7 cm³/mol. The highest BCUT2D eigenvalue weighted by Gasteiger charge is 2.28. The molecular formula is C16H17N3O5S2. The van der Waals surface area contributed by atoms with Crippen LogP contribution in [0.5, 0.6) is 5.75 Å². The molecule has 1 aromatic heterocycles. The Kier molecular flexibility index (Phi) is 4.97. The second kappa shape index (κ2) is 7.04. The number of carbonyl (C=O) groups is 2. The lowest BCUT2D eigenvalue weighted by molar-refractivity contribution is -0.123. The van der Waals surface area contributed by atoms with E-state index in [0.717, 1.165) is 5.01 Å². The lowest BCUT2D eigenvalue weighted by atomic mass is 10.2. The summed E-state index contributed by atoms with van der Waals surface area (Å²) in [5, 5.41) is 5.12. The fourth-order valence-electron chi connectivity index (χ4n) is 2.46. The van der Waals surface area contributed by atoms with Crippen LogP contribution in [0.2, 0.25) is 0 Å². The summed E-state index contributed by atoms with van der Waals surface area (Å²) in [4.78, 5) is 27.9. The van der Waals surface area contributed by atoms with Gasteiger partial charge in [-0.1, -0.05) is 6.92 Å². The highest BCUT2D eigenvalue weighted by molar-refractivity contribution is 7.90. The maximum absolute atomic E-state index is 12.4. The zero-order valence-corrected chi connectivity index (χ0v) is 15.7. The van der Waals surface area contributed by atoms with Gasteiger partial charge in [-0.2, -0.15) is 0 Å². The van der Waals surface area contributed by atoms with Crippen molar-refractivity contribution in [2.45, 2.75) is 37.7 Å². The molecule has 1 aliphatic rings. The van der Waals surface area contributed by atoms with Gasteiger partial charge in [0.1, 0.15) is 5.75 Å². The van der Waals surface area contributed by atoms with Gasteiger partial charge in [0.25, 0.3) is 15.9 Å². The molecule has 1 unspecified atom stereocenters. The first-order valence-corrected chi connectivity index (χ1v) is 10.2. The fourth-order valence-corrected chi connectivity index (χ4v) is 4.09. The molecule has 3 rings (SSSR count). The van der Waals surface area contributed by atoms with Crippen LogP contribution in [0.25, 0.3) is 0 Å². The van der Waals surface area contributed by atoms with Crippen LogP contribution in [-0.4, -0.2) is 31.3 Å². The number of benzene rings is 1. The molecule has 0 saturated heterocycles. The summed E-state index contributed by atoms with van der Waals surface area (Å²) in [5.74, 6) is -0.628. The zero-order chi connectivity index (χ0) is 18.9. The topological polar surface area (TPSA) is 114 Å². The quantitative estimate of drug-likeness (QED) is 0.795. The van der Waals surface area contributed by atoms with E-state index in [2.05, 4.69) is 10.3 Å². The van der Waals surface area contributed by atoms with Gasteiger partial charge in [-0.3, -0.25) is 9.59 Å². The van der Waals surface area contributed by atoms with E-state index >= 15 is 0 Å². The summed E-state index contributed by atoms with van der Waals surface area (Å²) < 4.78 is 32.4. The Balaban J connectivity index is 1.76. The van der Waals surface area contributed by atoms with Crippen molar-refractivity contribution in [2.24, 2.45) is 0 Å². The van der Waals surface area contributed by atoms with Gasteiger partial charge >= 0.3 is 0 Å². The molecule has 0 radical (unpaired) electrons. The molecule has 1 atom stereocenters. The summed E-state index contributed by atoms with van der Waals surface area (Å²) in [6, 6.07) is 4.05. The number of nitrogens with one attached hydrogen (secondary N) is 2. The monoisotopic (exact) mass is 395 g/mol. The van der Waals surface area contributed by atoms with Crippen molar-refractivity contribution in [3.8, 4) is 5.75 Å². The number of hydrogen-bond acceptors (Lipinski definition) is 7. The van der Waals surface area contributed by atoms with E-state index in [-0.39, 0.29) is 22.9 Å². The van der Waals surface area contributed by atoms with Gasteiger partial charge in [0.15, 0.2) is 6.10 Å². The van der Waals surface area contributed by atoms with E-state index in [1.54, 1.807) is 12.3 Å². The number of aryl methyl sites for hydroxylation is 1. The van der Waals surface area contributed by atoms with Crippen LogP contribution in [0.1, 0.15) is 24.0 Å². The molecule has 0 aliphatic carbocycles. The lowest BCUT2D eigenvalue weighted by Gasteiger charge is -2.25. The number of anilines is 1. The first kappa shape index (κ1) is 18.3. The van der Waals surface area contributed by atoms with Crippen molar-refractivity contribution >= 4 is 38.9 Å². The standard InChI is InChI=1S/C16H17N3O5S2/c1-3-13-16(21)18-12-7-11(4-5-14(12)24-13)26(22,23)19-15(20)6-10-8-25-9(2)17-10/h4-5,7-8,13H,3,6H2,1-2H3,(H,18,21)(H,19,20). The molecule has 0 saturated carbocycles. The Bertz CT molecular complexity index is 968. The Labute approximate surface area is 154 Å². The number of nitrogens with zero attached hydrogens (tertiary/aromatic N) is 1. The summed E-state index contributed by atoms with van der Waals surface area (Å²) >= 11 is 1.38. The number of aromatic nitrogens is 1. The minimum Gasteiger partial charge on any atom is -0.478 e. The zero-order valence-electron chi connectivity index (χ0n) is 14.1. The molecule has 2 aromatic rings. The van der Waals surface area contributed by atoms with Gasteiger partial charge < -0.3 is 10.1 Å².